The van der Waals surface area contributed by atoms with E-state index in [1.807, 2.05) is 75.4 Å². The van der Waals surface area contributed by atoms with E-state index < -0.39 is 0 Å². The molecular weight excluding hydrogens is 396 g/mol. The Hall–Kier alpha value is -2.80. The predicted molar refractivity (Wildman–Crippen MR) is 121 cm³/mol. The van der Waals surface area contributed by atoms with Crippen LogP contribution in [0.1, 0.15) is 33.6 Å². The Morgan fingerprint density at radius 1 is 1.07 bits per heavy atom. The topological polar surface area (TPSA) is 69.0 Å². The van der Waals surface area contributed by atoms with Crippen LogP contribution in [-0.2, 0) is 4.79 Å². The molecule has 0 atom stereocenters. The van der Waals surface area contributed by atoms with Crippen molar-refractivity contribution in [3.05, 3.63) is 54.6 Å². The molecule has 1 heterocycles. The fourth-order valence-electron chi connectivity index (χ4n) is 2.98. The standard InChI is InChI=1S/C23H28N4O2S/c1-23(2,3)24-20(28)11-8-16-30-22-26-25-21(17-9-6-5-7-10-17)27(22)18-12-14-19(29-4)15-13-18/h5-7,9-10,12-15H,8,11,16H2,1-4H3,(H,24,28). The Labute approximate surface area is 182 Å². The van der Waals surface area contributed by atoms with Crippen LogP contribution in [0.3, 0.4) is 0 Å². The van der Waals surface area contributed by atoms with Gasteiger partial charge in [0, 0.05) is 29.0 Å². The zero-order valence-corrected chi connectivity index (χ0v) is 18.7. The number of rotatable bonds is 8. The van der Waals surface area contributed by atoms with Gasteiger partial charge in [0.05, 0.1) is 7.11 Å². The van der Waals surface area contributed by atoms with Crippen molar-refractivity contribution in [2.24, 2.45) is 0 Å². The van der Waals surface area contributed by atoms with Crippen LogP contribution in [0.4, 0.5) is 0 Å². The summed E-state index contributed by atoms with van der Waals surface area (Å²) in [4.78, 5) is 12.0. The molecule has 0 fully saturated rings. The molecule has 1 N–H and O–H groups in total. The predicted octanol–water partition coefficient (Wildman–Crippen LogP) is 4.73. The van der Waals surface area contributed by atoms with E-state index in [-0.39, 0.29) is 11.4 Å². The Bertz CT molecular complexity index is 963. The number of hydrogen-bond acceptors (Lipinski definition) is 5. The van der Waals surface area contributed by atoms with E-state index in [4.69, 9.17) is 4.74 Å². The Morgan fingerprint density at radius 2 is 1.77 bits per heavy atom. The largest absolute Gasteiger partial charge is 0.497 e. The molecule has 0 aliphatic rings. The van der Waals surface area contributed by atoms with Gasteiger partial charge in [0.2, 0.25) is 5.91 Å². The normalized spacial score (nSPS) is 11.3. The van der Waals surface area contributed by atoms with Gasteiger partial charge < -0.3 is 10.1 Å². The van der Waals surface area contributed by atoms with Crippen LogP contribution in [0.5, 0.6) is 5.75 Å². The molecule has 30 heavy (non-hydrogen) atoms. The van der Waals surface area contributed by atoms with Gasteiger partial charge in [0.25, 0.3) is 0 Å². The van der Waals surface area contributed by atoms with Crippen LogP contribution in [0.2, 0.25) is 0 Å². The number of nitrogens with zero attached hydrogens (tertiary/aromatic N) is 3. The first kappa shape index (κ1) is 21.9. The van der Waals surface area contributed by atoms with Crippen LogP contribution in [0.25, 0.3) is 17.1 Å². The number of nitrogens with one attached hydrogen (secondary N) is 1. The first-order chi connectivity index (χ1) is 14.4. The average Bonchev–Trinajstić information content (AvgIpc) is 3.14. The molecule has 7 heteroatoms. The summed E-state index contributed by atoms with van der Waals surface area (Å²) in [6, 6.07) is 17.8. The molecule has 3 rings (SSSR count). The van der Waals surface area contributed by atoms with Crippen LogP contribution in [0.15, 0.2) is 59.8 Å². The zero-order chi connectivity index (χ0) is 21.6. The molecular formula is C23H28N4O2S. The summed E-state index contributed by atoms with van der Waals surface area (Å²) in [5.41, 5.74) is 1.76. The lowest BCUT2D eigenvalue weighted by atomic mass is 10.1. The molecule has 1 amide bonds. The quantitative estimate of drug-likeness (QED) is 0.418. The first-order valence-corrected chi connectivity index (χ1v) is 10.9. The number of thioether (sulfide) groups is 1. The van der Waals surface area contributed by atoms with Crippen molar-refractivity contribution in [1.82, 2.24) is 20.1 Å². The van der Waals surface area contributed by atoms with Crippen molar-refractivity contribution < 1.29 is 9.53 Å². The van der Waals surface area contributed by atoms with Gasteiger partial charge in [-0.05, 0) is 51.5 Å². The van der Waals surface area contributed by atoms with Crippen LogP contribution >= 0.6 is 11.8 Å². The molecule has 0 aliphatic heterocycles. The second kappa shape index (κ2) is 9.80. The lowest BCUT2D eigenvalue weighted by molar-refractivity contribution is -0.122. The van der Waals surface area contributed by atoms with Gasteiger partial charge in [0.15, 0.2) is 11.0 Å². The number of benzene rings is 2. The monoisotopic (exact) mass is 424 g/mol. The molecule has 158 valence electrons. The number of carbonyl (C=O) groups is 1. The molecule has 0 spiro atoms. The lowest BCUT2D eigenvalue weighted by Crippen LogP contribution is -2.40. The maximum atomic E-state index is 12.0. The average molecular weight is 425 g/mol. The minimum absolute atomic E-state index is 0.0738. The summed E-state index contributed by atoms with van der Waals surface area (Å²) in [5.74, 6) is 2.44. The summed E-state index contributed by atoms with van der Waals surface area (Å²) in [5, 5.41) is 12.7. The maximum absolute atomic E-state index is 12.0. The number of carbonyl (C=O) groups excluding carboxylic acids is 1. The number of methoxy groups -OCH3 is 1. The summed E-state index contributed by atoms with van der Waals surface area (Å²) in [6.45, 7) is 5.96. The van der Waals surface area contributed by atoms with Crippen molar-refractivity contribution >= 4 is 17.7 Å². The minimum atomic E-state index is -0.205. The van der Waals surface area contributed by atoms with Gasteiger partial charge in [-0.2, -0.15) is 0 Å². The molecule has 0 bridgehead atoms. The molecule has 0 unspecified atom stereocenters. The number of hydrogen-bond donors (Lipinski definition) is 1. The summed E-state index contributed by atoms with van der Waals surface area (Å²) in [6.07, 6.45) is 1.26. The third-order valence-corrected chi connectivity index (χ3v) is 5.30. The molecule has 2 aromatic carbocycles. The van der Waals surface area contributed by atoms with E-state index in [0.717, 1.165) is 40.2 Å². The van der Waals surface area contributed by atoms with Gasteiger partial charge in [-0.3, -0.25) is 9.36 Å². The SMILES string of the molecule is COc1ccc(-n2c(SCCCC(=O)NC(C)(C)C)nnc2-c2ccccc2)cc1. The number of aromatic nitrogens is 3. The zero-order valence-electron chi connectivity index (χ0n) is 17.9. The van der Waals surface area contributed by atoms with Gasteiger partial charge in [-0.1, -0.05) is 42.1 Å². The minimum Gasteiger partial charge on any atom is -0.497 e. The fourth-order valence-corrected chi connectivity index (χ4v) is 3.87. The van der Waals surface area contributed by atoms with E-state index >= 15 is 0 Å². The highest BCUT2D eigenvalue weighted by Gasteiger charge is 2.17. The van der Waals surface area contributed by atoms with Crippen molar-refractivity contribution in [3.63, 3.8) is 0 Å². The third kappa shape index (κ3) is 5.86. The van der Waals surface area contributed by atoms with Crippen molar-refractivity contribution in [3.8, 4) is 22.8 Å². The molecule has 0 saturated carbocycles. The van der Waals surface area contributed by atoms with E-state index in [2.05, 4.69) is 20.1 Å². The van der Waals surface area contributed by atoms with E-state index in [0.29, 0.717) is 6.42 Å². The van der Waals surface area contributed by atoms with Crippen LogP contribution < -0.4 is 10.1 Å². The van der Waals surface area contributed by atoms with Gasteiger partial charge in [-0.25, -0.2) is 0 Å². The molecule has 0 radical (unpaired) electrons. The molecule has 0 aliphatic carbocycles. The van der Waals surface area contributed by atoms with Crippen LogP contribution in [-0.4, -0.2) is 39.1 Å². The van der Waals surface area contributed by atoms with Crippen molar-refractivity contribution in [1.29, 1.82) is 0 Å². The highest BCUT2D eigenvalue weighted by molar-refractivity contribution is 7.99. The number of amides is 1. The summed E-state index contributed by atoms with van der Waals surface area (Å²) >= 11 is 1.61. The maximum Gasteiger partial charge on any atom is 0.220 e. The molecule has 0 saturated heterocycles. The summed E-state index contributed by atoms with van der Waals surface area (Å²) < 4.78 is 7.33. The Balaban J connectivity index is 1.77. The highest BCUT2D eigenvalue weighted by Crippen LogP contribution is 2.29. The molecule has 3 aromatic rings. The third-order valence-electron chi connectivity index (χ3n) is 4.29. The van der Waals surface area contributed by atoms with Gasteiger partial charge in [0.1, 0.15) is 5.75 Å². The second-order valence-electron chi connectivity index (χ2n) is 7.96. The Kier molecular flexibility index (Phi) is 7.15. The molecule has 1 aromatic heterocycles. The summed E-state index contributed by atoms with van der Waals surface area (Å²) in [7, 11) is 1.65. The second-order valence-corrected chi connectivity index (χ2v) is 9.02. The van der Waals surface area contributed by atoms with Gasteiger partial charge in [-0.15, -0.1) is 10.2 Å². The highest BCUT2D eigenvalue weighted by atomic mass is 32.2. The van der Waals surface area contributed by atoms with E-state index in [1.54, 1.807) is 18.9 Å². The Morgan fingerprint density at radius 3 is 2.40 bits per heavy atom. The van der Waals surface area contributed by atoms with E-state index in [9.17, 15) is 4.79 Å². The number of ether oxygens (including phenoxy) is 1. The lowest BCUT2D eigenvalue weighted by Gasteiger charge is -2.20. The van der Waals surface area contributed by atoms with Crippen molar-refractivity contribution in [2.45, 2.75) is 44.3 Å². The van der Waals surface area contributed by atoms with Crippen molar-refractivity contribution in [2.75, 3.05) is 12.9 Å². The fraction of sp³-hybridized carbons (Fsp3) is 0.348. The smallest absolute Gasteiger partial charge is 0.220 e. The molecule has 6 nitrogen and oxygen atoms in total. The first-order valence-electron chi connectivity index (χ1n) is 9.96. The van der Waals surface area contributed by atoms with Gasteiger partial charge >= 0.3 is 0 Å². The van der Waals surface area contributed by atoms with E-state index in [1.165, 1.54) is 0 Å². The van der Waals surface area contributed by atoms with Crippen LogP contribution in [0, 0.1) is 0 Å².